The molecule has 3 nitrogen and oxygen atoms in total. The number of nitrogens with zero attached hydrogens (tertiary/aromatic N) is 1. The molecular weight excluding hydrogens is 279 g/mol. The summed E-state index contributed by atoms with van der Waals surface area (Å²) in [6, 6.07) is 6.72. The van der Waals surface area contributed by atoms with Crippen LogP contribution in [0.25, 0.3) is 0 Å². The number of halogens is 1. The summed E-state index contributed by atoms with van der Waals surface area (Å²) in [6.07, 6.45) is 5.20. The van der Waals surface area contributed by atoms with E-state index in [0.717, 1.165) is 50.8 Å². The van der Waals surface area contributed by atoms with Gasteiger partial charge >= 0.3 is 0 Å². The third-order valence-corrected chi connectivity index (χ3v) is 5.31. The van der Waals surface area contributed by atoms with Gasteiger partial charge in [0, 0.05) is 19.0 Å². The Hall–Kier alpha value is -1.42. The molecule has 120 valence electrons. The summed E-state index contributed by atoms with van der Waals surface area (Å²) < 4.78 is 12.9. The summed E-state index contributed by atoms with van der Waals surface area (Å²) in [5.41, 5.74) is 6.96. The van der Waals surface area contributed by atoms with Crippen LogP contribution in [0.4, 0.5) is 4.39 Å². The minimum atomic E-state index is -0.193. The number of likely N-dealkylation sites (tertiary alicyclic amines) is 1. The second-order valence-corrected chi connectivity index (χ2v) is 6.80. The topological polar surface area (TPSA) is 46.3 Å². The second-order valence-electron chi connectivity index (χ2n) is 6.80. The maximum absolute atomic E-state index is 12.9. The number of amides is 1. The van der Waals surface area contributed by atoms with Gasteiger partial charge in [-0.1, -0.05) is 18.6 Å². The van der Waals surface area contributed by atoms with Crippen LogP contribution in [0.2, 0.25) is 0 Å². The monoisotopic (exact) mass is 304 g/mol. The maximum Gasteiger partial charge on any atom is 0.226 e. The van der Waals surface area contributed by atoms with Gasteiger partial charge in [0.25, 0.3) is 0 Å². The van der Waals surface area contributed by atoms with Gasteiger partial charge in [-0.2, -0.15) is 0 Å². The highest BCUT2D eigenvalue weighted by Gasteiger charge is 2.37. The molecule has 1 aromatic rings. The van der Waals surface area contributed by atoms with Crippen molar-refractivity contribution in [3.05, 3.63) is 35.6 Å². The minimum Gasteiger partial charge on any atom is -0.342 e. The summed E-state index contributed by atoms with van der Waals surface area (Å²) in [5, 5.41) is 0. The molecule has 1 aromatic carbocycles. The lowest BCUT2D eigenvalue weighted by molar-refractivity contribution is -0.135. The number of benzene rings is 1. The van der Waals surface area contributed by atoms with Crippen molar-refractivity contribution in [2.75, 3.05) is 19.6 Å². The zero-order chi connectivity index (χ0) is 15.5. The number of hydrogen-bond donors (Lipinski definition) is 1. The SMILES string of the molecule is NC[C@H]1CCC[C@H]1C(=O)N1CCC(Cc2ccc(F)cc2)C1. The smallest absolute Gasteiger partial charge is 0.226 e. The van der Waals surface area contributed by atoms with E-state index >= 15 is 0 Å². The number of carbonyl (C=O) groups excluding carboxylic acids is 1. The molecule has 1 amide bonds. The summed E-state index contributed by atoms with van der Waals surface area (Å²) in [6.45, 7) is 2.33. The van der Waals surface area contributed by atoms with Gasteiger partial charge in [-0.25, -0.2) is 4.39 Å². The van der Waals surface area contributed by atoms with Crippen LogP contribution in [-0.4, -0.2) is 30.4 Å². The predicted octanol–water partition coefficient (Wildman–Crippen LogP) is 2.59. The van der Waals surface area contributed by atoms with Gasteiger partial charge < -0.3 is 10.6 Å². The van der Waals surface area contributed by atoms with Crippen LogP contribution in [0, 0.1) is 23.6 Å². The highest BCUT2D eigenvalue weighted by atomic mass is 19.1. The molecule has 0 aromatic heterocycles. The summed E-state index contributed by atoms with van der Waals surface area (Å²) in [7, 11) is 0. The Labute approximate surface area is 131 Å². The molecule has 3 rings (SSSR count). The van der Waals surface area contributed by atoms with Gasteiger partial charge in [0.15, 0.2) is 0 Å². The lowest BCUT2D eigenvalue weighted by atomic mass is 9.94. The summed E-state index contributed by atoms with van der Waals surface area (Å²) >= 11 is 0. The number of hydrogen-bond acceptors (Lipinski definition) is 2. The molecule has 2 N–H and O–H groups in total. The van der Waals surface area contributed by atoms with Gasteiger partial charge in [0.1, 0.15) is 5.82 Å². The lowest BCUT2D eigenvalue weighted by Gasteiger charge is -2.24. The van der Waals surface area contributed by atoms with E-state index in [-0.39, 0.29) is 11.7 Å². The maximum atomic E-state index is 12.9. The van der Waals surface area contributed by atoms with Crippen molar-refractivity contribution >= 4 is 5.91 Å². The molecule has 0 bridgehead atoms. The van der Waals surface area contributed by atoms with Crippen molar-refractivity contribution in [3.8, 4) is 0 Å². The first-order chi connectivity index (χ1) is 10.7. The normalized spacial score (nSPS) is 28.3. The zero-order valence-electron chi connectivity index (χ0n) is 13.0. The van der Waals surface area contributed by atoms with Gasteiger partial charge in [-0.15, -0.1) is 0 Å². The quantitative estimate of drug-likeness (QED) is 0.929. The predicted molar refractivity (Wildman–Crippen MR) is 84.7 cm³/mol. The van der Waals surface area contributed by atoms with Crippen LogP contribution in [0.1, 0.15) is 31.2 Å². The van der Waals surface area contributed by atoms with Crippen LogP contribution in [0.3, 0.4) is 0 Å². The van der Waals surface area contributed by atoms with Crippen molar-refractivity contribution in [2.24, 2.45) is 23.5 Å². The molecule has 4 heteroatoms. The average molecular weight is 304 g/mol. The molecule has 0 radical (unpaired) electrons. The molecule has 1 aliphatic heterocycles. The van der Waals surface area contributed by atoms with E-state index < -0.39 is 0 Å². The van der Waals surface area contributed by atoms with E-state index in [4.69, 9.17) is 5.73 Å². The first-order valence-electron chi connectivity index (χ1n) is 8.40. The van der Waals surface area contributed by atoms with Gasteiger partial charge in [-0.05, 0) is 61.8 Å². The second kappa shape index (κ2) is 6.78. The molecule has 3 atom stereocenters. The molecule has 1 saturated carbocycles. The summed E-state index contributed by atoms with van der Waals surface area (Å²) in [4.78, 5) is 14.7. The van der Waals surface area contributed by atoms with Crippen molar-refractivity contribution < 1.29 is 9.18 Å². The third-order valence-electron chi connectivity index (χ3n) is 5.31. The van der Waals surface area contributed by atoms with E-state index in [2.05, 4.69) is 0 Å². The van der Waals surface area contributed by atoms with Crippen LogP contribution in [0.15, 0.2) is 24.3 Å². The Balaban J connectivity index is 1.55. The first-order valence-corrected chi connectivity index (χ1v) is 8.40. The standard InChI is InChI=1S/C18H25FN2O/c19-16-6-4-13(5-7-16)10-14-8-9-21(12-14)18(22)17-3-1-2-15(17)11-20/h4-7,14-15,17H,1-3,8-12,20H2/t14?,15-,17-/m1/s1. The Kier molecular flexibility index (Phi) is 4.77. The highest BCUT2D eigenvalue weighted by molar-refractivity contribution is 5.79. The molecule has 1 aliphatic carbocycles. The van der Waals surface area contributed by atoms with Crippen molar-refractivity contribution in [1.29, 1.82) is 0 Å². The van der Waals surface area contributed by atoms with Crippen LogP contribution in [0.5, 0.6) is 0 Å². The fraction of sp³-hybridized carbons (Fsp3) is 0.611. The Morgan fingerprint density at radius 2 is 2.00 bits per heavy atom. The average Bonchev–Trinajstić information content (AvgIpc) is 3.17. The van der Waals surface area contributed by atoms with E-state index in [9.17, 15) is 9.18 Å². The van der Waals surface area contributed by atoms with Gasteiger partial charge in [0.05, 0.1) is 0 Å². The van der Waals surface area contributed by atoms with Crippen LogP contribution in [-0.2, 0) is 11.2 Å². The van der Waals surface area contributed by atoms with Crippen molar-refractivity contribution in [2.45, 2.75) is 32.1 Å². The molecule has 1 heterocycles. The number of nitrogens with two attached hydrogens (primary N) is 1. The largest absolute Gasteiger partial charge is 0.342 e. The fourth-order valence-corrected chi connectivity index (χ4v) is 4.03. The van der Waals surface area contributed by atoms with Crippen LogP contribution < -0.4 is 5.73 Å². The highest BCUT2D eigenvalue weighted by Crippen LogP contribution is 2.34. The molecule has 2 fully saturated rings. The molecule has 2 aliphatic rings. The minimum absolute atomic E-state index is 0.148. The van der Waals surface area contributed by atoms with Gasteiger partial charge in [0.2, 0.25) is 5.91 Å². The molecule has 1 saturated heterocycles. The van der Waals surface area contributed by atoms with Crippen LogP contribution >= 0.6 is 0 Å². The Morgan fingerprint density at radius 1 is 1.23 bits per heavy atom. The van der Waals surface area contributed by atoms with Crippen molar-refractivity contribution in [1.82, 2.24) is 4.90 Å². The first kappa shape index (κ1) is 15.5. The van der Waals surface area contributed by atoms with E-state index in [1.165, 1.54) is 12.1 Å². The fourth-order valence-electron chi connectivity index (χ4n) is 4.03. The van der Waals surface area contributed by atoms with E-state index in [0.29, 0.717) is 24.3 Å². The lowest BCUT2D eigenvalue weighted by Crippen LogP contribution is -2.37. The van der Waals surface area contributed by atoms with E-state index in [1.54, 1.807) is 0 Å². The van der Waals surface area contributed by atoms with Gasteiger partial charge in [-0.3, -0.25) is 4.79 Å². The zero-order valence-corrected chi connectivity index (χ0v) is 13.0. The Bertz CT molecular complexity index is 516. The molecule has 0 spiro atoms. The van der Waals surface area contributed by atoms with E-state index in [1.807, 2.05) is 17.0 Å². The molecular formula is C18H25FN2O. The Morgan fingerprint density at radius 3 is 2.73 bits per heavy atom. The number of carbonyl (C=O) groups is 1. The summed E-state index contributed by atoms with van der Waals surface area (Å²) in [5.74, 6) is 1.14. The van der Waals surface area contributed by atoms with Crippen molar-refractivity contribution in [3.63, 3.8) is 0 Å². The molecule has 1 unspecified atom stereocenters. The third kappa shape index (κ3) is 3.32. The molecule has 22 heavy (non-hydrogen) atoms. The number of rotatable bonds is 4.